The van der Waals surface area contributed by atoms with Crippen molar-refractivity contribution in [3.05, 3.63) is 34.4 Å². The van der Waals surface area contributed by atoms with Gasteiger partial charge in [0.2, 0.25) is 15.9 Å². The van der Waals surface area contributed by atoms with Gasteiger partial charge in [-0.15, -0.1) is 0 Å². The number of nitrogens with zero attached hydrogens (tertiary/aromatic N) is 3. The van der Waals surface area contributed by atoms with Crippen LogP contribution in [0, 0.1) is 16.0 Å². The van der Waals surface area contributed by atoms with E-state index in [9.17, 15) is 23.3 Å². The lowest BCUT2D eigenvalue weighted by Gasteiger charge is -2.34. The van der Waals surface area contributed by atoms with Gasteiger partial charge in [-0.1, -0.05) is 18.6 Å². The van der Waals surface area contributed by atoms with E-state index in [-0.39, 0.29) is 48.9 Å². The smallest absolute Gasteiger partial charge is 0.289 e. The maximum atomic E-state index is 12.8. The summed E-state index contributed by atoms with van der Waals surface area (Å²) in [4.78, 5) is 24.3. The van der Waals surface area contributed by atoms with Gasteiger partial charge in [-0.05, 0) is 24.8 Å². The molecule has 2 aliphatic rings. The Kier molecular flexibility index (Phi) is 5.78. The average molecular weight is 396 g/mol. The zero-order valence-corrected chi connectivity index (χ0v) is 15.8. The molecular weight excluding hydrogens is 372 g/mol. The summed E-state index contributed by atoms with van der Waals surface area (Å²) < 4.78 is 26.8. The first-order valence-corrected chi connectivity index (χ1v) is 10.5. The van der Waals surface area contributed by atoms with Crippen molar-refractivity contribution in [2.75, 3.05) is 26.2 Å². The van der Waals surface area contributed by atoms with Crippen LogP contribution in [0.25, 0.3) is 0 Å². The quantitative estimate of drug-likeness (QED) is 0.583. The first kappa shape index (κ1) is 19.7. The van der Waals surface area contributed by atoms with Crippen LogP contribution in [-0.4, -0.2) is 60.7 Å². The van der Waals surface area contributed by atoms with Gasteiger partial charge < -0.3 is 10.6 Å². The minimum atomic E-state index is -3.98. The van der Waals surface area contributed by atoms with Crippen LogP contribution >= 0.6 is 0 Å². The van der Waals surface area contributed by atoms with E-state index in [1.165, 1.54) is 28.6 Å². The molecule has 0 unspecified atom stereocenters. The number of nitrogens with two attached hydrogens (primary N) is 1. The number of hydrogen-bond acceptors (Lipinski definition) is 6. The summed E-state index contributed by atoms with van der Waals surface area (Å²) in [6, 6.07) is 5.38. The SMILES string of the molecule is N[C@@H]1CCC[C@H]1CC(=O)N1CCN(S(=O)(=O)c2ccccc2[N+](=O)[O-])CC1. The Morgan fingerprint density at radius 2 is 1.85 bits per heavy atom. The number of sulfonamides is 1. The molecule has 1 aliphatic carbocycles. The van der Waals surface area contributed by atoms with Gasteiger partial charge in [0.05, 0.1) is 4.92 Å². The molecule has 1 aromatic rings. The number of hydrogen-bond donors (Lipinski definition) is 1. The van der Waals surface area contributed by atoms with Crippen LogP contribution in [0.5, 0.6) is 0 Å². The summed E-state index contributed by atoms with van der Waals surface area (Å²) in [5.74, 6) is 0.200. The molecule has 0 aromatic heterocycles. The Labute approximate surface area is 158 Å². The maximum Gasteiger partial charge on any atom is 0.289 e. The lowest BCUT2D eigenvalue weighted by molar-refractivity contribution is -0.387. The Balaban J connectivity index is 1.65. The fourth-order valence-electron chi connectivity index (χ4n) is 3.82. The number of para-hydroxylation sites is 1. The first-order chi connectivity index (χ1) is 12.8. The van der Waals surface area contributed by atoms with Crippen LogP contribution in [0.15, 0.2) is 29.2 Å². The highest BCUT2D eigenvalue weighted by Gasteiger charge is 2.35. The number of amides is 1. The van der Waals surface area contributed by atoms with Gasteiger partial charge >= 0.3 is 0 Å². The third-order valence-corrected chi connectivity index (χ3v) is 7.37. The molecule has 3 rings (SSSR count). The zero-order chi connectivity index (χ0) is 19.6. The van der Waals surface area contributed by atoms with Crippen molar-refractivity contribution in [2.24, 2.45) is 11.7 Å². The van der Waals surface area contributed by atoms with Gasteiger partial charge in [0.15, 0.2) is 4.90 Å². The normalized spacial score (nSPS) is 24.1. The predicted molar refractivity (Wildman–Crippen MR) is 98.4 cm³/mol. The molecule has 1 heterocycles. The monoisotopic (exact) mass is 396 g/mol. The Morgan fingerprint density at radius 1 is 1.19 bits per heavy atom. The number of rotatable bonds is 5. The first-order valence-electron chi connectivity index (χ1n) is 9.07. The summed E-state index contributed by atoms with van der Waals surface area (Å²) in [6.07, 6.45) is 3.35. The highest BCUT2D eigenvalue weighted by atomic mass is 32.2. The fourth-order valence-corrected chi connectivity index (χ4v) is 5.40. The summed E-state index contributed by atoms with van der Waals surface area (Å²) in [5, 5.41) is 11.1. The second-order valence-electron chi connectivity index (χ2n) is 7.07. The minimum Gasteiger partial charge on any atom is -0.340 e. The Morgan fingerprint density at radius 3 is 2.44 bits per heavy atom. The lowest BCUT2D eigenvalue weighted by atomic mass is 9.99. The number of piperazine rings is 1. The second-order valence-corrected chi connectivity index (χ2v) is 8.98. The third-order valence-electron chi connectivity index (χ3n) is 5.43. The molecule has 1 aromatic carbocycles. The van der Waals surface area contributed by atoms with Crippen molar-refractivity contribution in [2.45, 2.75) is 36.6 Å². The Bertz CT molecular complexity index is 820. The highest BCUT2D eigenvalue weighted by molar-refractivity contribution is 7.89. The molecule has 1 saturated heterocycles. The number of carbonyl (C=O) groups is 1. The molecule has 27 heavy (non-hydrogen) atoms. The molecule has 2 fully saturated rings. The maximum absolute atomic E-state index is 12.8. The summed E-state index contributed by atoms with van der Waals surface area (Å²) in [6.45, 7) is 0.801. The van der Waals surface area contributed by atoms with E-state index >= 15 is 0 Å². The number of nitro benzene ring substituents is 1. The number of carbonyl (C=O) groups excluding carboxylic acids is 1. The van der Waals surface area contributed by atoms with Crippen LogP contribution in [0.2, 0.25) is 0 Å². The molecule has 0 radical (unpaired) electrons. The van der Waals surface area contributed by atoms with Crippen LogP contribution in [0.3, 0.4) is 0 Å². The van der Waals surface area contributed by atoms with E-state index in [0.717, 1.165) is 19.3 Å². The summed E-state index contributed by atoms with van der Waals surface area (Å²) in [5.41, 5.74) is 5.59. The number of nitro groups is 1. The molecule has 2 atom stereocenters. The van der Waals surface area contributed by atoms with Crippen LogP contribution in [0.1, 0.15) is 25.7 Å². The molecule has 10 heteroatoms. The van der Waals surface area contributed by atoms with Crippen molar-refractivity contribution in [1.29, 1.82) is 0 Å². The van der Waals surface area contributed by atoms with E-state index < -0.39 is 20.6 Å². The van der Waals surface area contributed by atoms with Crippen LogP contribution < -0.4 is 5.73 Å². The van der Waals surface area contributed by atoms with Gasteiger partial charge in [-0.2, -0.15) is 4.31 Å². The standard InChI is InChI=1S/C17H24N4O5S/c18-14-5-3-4-13(14)12-17(22)19-8-10-20(11-9-19)27(25,26)16-7-2-1-6-15(16)21(23)24/h1-2,6-7,13-14H,3-5,8-12,18H2/t13-,14+/m0/s1. The van der Waals surface area contributed by atoms with Crippen LogP contribution in [-0.2, 0) is 14.8 Å². The summed E-state index contributed by atoms with van der Waals surface area (Å²) in [7, 11) is -3.98. The van der Waals surface area contributed by atoms with E-state index in [0.29, 0.717) is 6.42 Å². The number of benzene rings is 1. The van der Waals surface area contributed by atoms with Gasteiger partial charge in [0, 0.05) is 44.7 Å². The third kappa shape index (κ3) is 4.12. The van der Waals surface area contributed by atoms with Gasteiger partial charge in [-0.3, -0.25) is 14.9 Å². The largest absolute Gasteiger partial charge is 0.340 e. The van der Waals surface area contributed by atoms with E-state index in [1.54, 1.807) is 4.90 Å². The molecule has 0 spiro atoms. The van der Waals surface area contributed by atoms with Gasteiger partial charge in [-0.25, -0.2) is 8.42 Å². The van der Waals surface area contributed by atoms with E-state index in [4.69, 9.17) is 5.73 Å². The minimum absolute atomic E-state index is 0.0000830. The molecular formula is C17H24N4O5S. The van der Waals surface area contributed by atoms with Crippen molar-refractivity contribution >= 4 is 21.6 Å². The molecule has 0 bridgehead atoms. The Hall–Kier alpha value is -2.04. The molecule has 1 saturated carbocycles. The van der Waals surface area contributed by atoms with Crippen molar-refractivity contribution in [1.82, 2.24) is 9.21 Å². The van der Waals surface area contributed by atoms with Crippen molar-refractivity contribution in [3.8, 4) is 0 Å². The van der Waals surface area contributed by atoms with Crippen molar-refractivity contribution in [3.63, 3.8) is 0 Å². The molecule has 1 aliphatic heterocycles. The molecule has 9 nitrogen and oxygen atoms in total. The summed E-state index contributed by atoms with van der Waals surface area (Å²) >= 11 is 0. The molecule has 1 amide bonds. The van der Waals surface area contributed by atoms with E-state index in [2.05, 4.69) is 0 Å². The highest BCUT2D eigenvalue weighted by Crippen LogP contribution is 2.29. The van der Waals surface area contributed by atoms with Crippen molar-refractivity contribution < 1.29 is 18.1 Å². The predicted octanol–water partition coefficient (Wildman–Crippen LogP) is 0.945. The molecule has 2 N–H and O–H groups in total. The second kappa shape index (κ2) is 7.91. The zero-order valence-electron chi connectivity index (χ0n) is 15.0. The lowest BCUT2D eigenvalue weighted by Crippen LogP contribution is -2.51. The van der Waals surface area contributed by atoms with Gasteiger partial charge in [0.25, 0.3) is 5.69 Å². The topological polar surface area (TPSA) is 127 Å². The average Bonchev–Trinajstić information content (AvgIpc) is 3.06. The van der Waals surface area contributed by atoms with E-state index in [1.807, 2.05) is 0 Å². The van der Waals surface area contributed by atoms with Crippen LogP contribution in [0.4, 0.5) is 5.69 Å². The van der Waals surface area contributed by atoms with Gasteiger partial charge in [0.1, 0.15) is 0 Å². The molecule has 148 valence electrons. The fraction of sp³-hybridized carbons (Fsp3) is 0.588.